The van der Waals surface area contributed by atoms with Gasteiger partial charge in [-0.2, -0.15) is 0 Å². The van der Waals surface area contributed by atoms with Gasteiger partial charge >= 0.3 is 5.97 Å². The number of rotatable bonds is 3. The number of carbonyl (C=O) groups is 1. The third-order valence-electron chi connectivity index (χ3n) is 3.55. The molecule has 0 aliphatic heterocycles. The molecule has 0 heterocycles. The molecule has 0 spiro atoms. The van der Waals surface area contributed by atoms with Gasteiger partial charge in [0, 0.05) is 4.48 Å². The molecule has 17 heavy (non-hydrogen) atoms. The topological polar surface area (TPSA) is 37.3 Å². The van der Waals surface area contributed by atoms with Gasteiger partial charge in [-0.15, -0.1) is 0 Å². The number of aliphatic carboxylic acids is 1. The number of hydrogen-bond acceptors (Lipinski definition) is 1. The zero-order chi connectivity index (χ0) is 12.6. The van der Waals surface area contributed by atoms with Crippen LogP contribution in [-0.2, 0) is 4.79 Å². The Hall–Kier alpha value is -1.09. The SMILES string of the molecule is CC1(C)C(C=C(Br)c2ccccc2)C1C(=O)O. The Morgan fingerprint density at radius 1 is 1.35 bits per heavy atom. The number of carboxylic acid groups (broad SMARTS) is 1. The lowest BCUT2D eigenvalue weighted by molar-refractivity contribution is -0.139. The Morgan fingerprint density at radius 3 is 2.41 bits per heavy atom. The third kappa shape index (κ3) is 2.29. The summed E-state index contributed by atoms with van der Waals surface area (Å²) in [6, 6.07) is 9.91. The predicted molar refractivity (Wildman–Crippen MR) is 71.7 cm³/mol. The number of halogens is 1. The van der Waals surface area contributed by atoms with Gasteiger partial charge in [0.05, 0.1) is 5.92 Å². The van der Waals surface area contributed by atoms with E-state index in [0.29, 0.717) is 0 Å². The molecule has 0 saturated heterocycles. The van der Waals surface area contributed by atoms with Gasteiger partial charge in [-0.05, 0) is 16.9 Å². The molecule has 0 aromatic heterocycles. The van der Waals surface area contributed by atoms with Gasteiger partial charge < -0.3 is 5.11 Å². The first-order chi connectivity index (χ1) is 7.94. The van der Waals surface area contributed by atoms with Crippen LogP contribution in [0.4, 0.5) is 0 Å². The van der Waals surface area contributed by atoms with Crippen molar-refractivity contribution >= 4 is 26.4 Å². The summed E-state index contributed by atoms with van der Waals surface area (Å²) >= 11 is 3.52. The minimum atomic E-state index is -0.704. The standard InChI is InChI=1S/C14H15BrO2/c1-14(2)10(12(14)13(16)17)8-11(15)9-6-4-3-5-7-9/h3-8,10,12H,1-2H3,(H,16,17). The maximum absolute atomic E-state index is 11.1. The summed E-state index contributed by atoms with van der Waals surface area (Å²) in [6.07, 6.45) is 2.02. The first-order valence-electron chi connectivity index (χ1n) is 5.60. The van der Waals surface area contributed by atoms with Crippen molar-refractivity contribution in [1.82, 2.24) is 0 Å². The highest BCUT2D eigenvalue weighted by atomic mass is 79.9. The van der Waals surface area contributed by atoms with Crippen LogP contribution >= 0.6 is 15.9 Å². The van der Waals surface area contributed by atoms with Crippen molar-refractivity contribution < 1.29 is 9.90 Å². The number of carboxylic acids is 1. The van der Waals surface area contributed by atoms with Crippen molar-refractivity contribution in [2.24, 2.45) is 17.3 Å². The highest BCUT2D eigenvalue weighted by molar-refractivity contribution is 9.15. The van der Waals surface area contributed by atoms with Crippen LogP contribution in [0, 0.1) is 17.3 Å². The highest BCUT2D eigenvalue weighted by Crippen LogP contribution is 2.60. The Balaban J connectivity index is 2.20. The fourth-order valence-electron chi connectivity index (χ4n) is 2.31. The Bertz CT molecular complexity index is 462. The lowest BCUT2D eigenvalue weighted by atomic mass is 10.1. The molecule has 3 heteroatoms. The monoisotopic (exact) mass is 294 g/mol. The van der Waals surface area contributed by atoms with E-state index in [0.717, 1.165) is 10.0 Å². The minimum absolute atomic E-state index is 0.106. The quantitative estimate of drug-likeness (QED) is 0.921. The lowest BCUT2D eigenvalue weighted by Crippen LogP contribution is -2.02. The third-order valence-corrected chi connectivity index (χ3v) is 4.27. The molecule has 1 aromatic carbocycles. The largest absolute Gasteiger partial charge is 0.481 e. The Morgan fingerprint density at radius 2 is 1.94 bits per heavy atom. The highest BCUT2D eigenvalue weighted by Gasteiger charge is 2.60. The van der Waals surface area contributed by atoms with E-state index in [-0.39, 0.29) is 17.3 Å². The van der Waals surface area contributed by atoms with Crippen molar-refractivity contribution in [2.75, 3.05) is 0 Å². The molecule has 0 amide bonds. The molecule has 2 nitrogen and oxygen atoms in total. The van der Waals surface area contributed by atoms with Gasteiger partial charge in [0.2, 0.25) is 0 Å². The van der Waals surface area contributed by atoms with Crippen molar-refractivity contribution in [3.8, 4) is 0 Å². The van der Waals surface area contributed by atoms with Crippen LogP contribution in [0.1, 0.15) is 19.4 Å². The molecule has 1 N–H and O–H groups in total. The summed E-state index contributed by atoms with van der Waals surface area (Å²) < 4.78 is 0.972. The number of benzene rings is 1. The van der Waals surface area contributed by atoms with E-state index in [4.69, 9.17) is 5.11 Å². The first kappa shape index (κ1) is 12.4. The Kier molecular flexibility index (Phi) is 3.13. The van der Waals surface area contributed by atoms with E-state index in [1.807, 2.05) is 50.3 Å². The molecular weight excluding hydrogens is 280 g/mol. The molecule has 2 rings (SSSR count). The smallest absolute Gasteiger partial charge is 0.307 e. The lowest BCUT2D eigenvalue weighted by Gasteiger charge is -2.00. The van der Waals surface area contributed by atoms with Gasteiger partial charge in [0.25, 0.3) is 0 Å². The molecule has 1 saturated carbocycles. The average molecular weight is 295 g/mol. The molecule has 0 bridgehead atoms. The molecule has 1 fully saturated rings. The van der Waals surface area contributed by atoms with E-state index < -0.39 is 5.97 Å². The first-order valence-corrected chi connectivity index (χ1v) is 6.39. The maximum Gasteiger partial charge on any atom is 0.307 e. The zero-order valence-corrected chi connectivity index (χ0v) is 11.4. The van der Waals surface area contributed by atoms with E-state index in [1.165, 1.54) is 0 Å². The maximum atomic E-state index is 11.1. The van der Waals surface area contributed by atoms with Crippen LogP contribution in [0.3, 0.4) is 0 Å². The van der Waals surface area contributed by atoms with Gasteiger partial charge in [-0.3, -0.25) is 4.79 Å². The summed E-state index contributed by atoms with van der Waals surface area (Å²) in [5.41, 5.74) is 0.943. The molecule has 90 valence electrons. The summed E-state index contributed by atoms with van der Waals surface area (Å²) in [6.45, 7) is 4.00. The van der Waals surface area contributed by atoms with Crippen molar-refractivity contribution in [1.29, 1.82) is 0 Å². The normalized spacial score (nSPS) is 26.6. The summed E-state index contributed by atoms with van der Waals surface area (Å²) in [5, 5.41) is 9.10. The molecule has 0 radical (unpaired) electrons. The Labute approximate surface area is 109 Å². The molecular formula is C14H15BrO2. The second-order valence-corrected chi connectivity index (χ2v) is 5.90. The van der Waals surface area contributed by atoms with Crippen molar-refractivity contribution in [2.45, 2.75) is 13.8 Å². The van der Waals surface area contributed by atoms with Crippen LogP contribution in [-0.4, -0.2) is 11.1 Å². The van der Waals surface area contributed by atoms with Gasteiger partial charge in [-0.1, -0.05) is 66.2 Å². The molecule has 1 aliphatic carbocycles. The van der Waals surface area contributed by atoms with Crippen LogP contribution in [0.15, 0.2) is 36.4 Å². The van der Waals surface area contributed by atoms with Crippen LogP contribution in [0.5, 0.6) is 0 Å². The van der Waals surface area contributed by atoms with E-state index in [9.17, 15) is 4.79 Å². The average Bonchev–Trinajstić information content (AvgIpc) is 2.81. The fraction of sp³-hybridized carbons (Fsp3) is 0.357. The summed E-state index contributed by atoms with van der Waals surface area (Å²) in [7, 11) is 0. The fourth-order valence-corrected chi connectivity index (χ4v) is 2.86. The van der Waals surface area contributed by atoms with Crippen molar-refractivity contribution in [3.05, 3.63) is 42.0 Å². The van der Waals surface area contributed by atoms with E-state index in [1.54, 1.807) is 0 Å². The van der Waals surface area contributed by atoms with Gasteiger partial charge in [0.1, 0.15) is 0 Å². The molecule has 2 atom stereocenters. The molecule has 2 unspecified atom stereocenters. The van der Waals surface area contributed by atoms with Crippen LogP contribution < -0.4 is 0 Å². The van der Waals surface area contributed by atoms with E-state index >= 15 is 0 Å². The summed E-state index contributed by atoms with van der Waals surface area (Å²) in [5.74, 6) is -0.863. The second-order valence-electron chi connectivity index (χ2n) is 5.04. The predicted octanol–water partition coefficient (Wildman–Crippen LogP) is 3.78. The van der Waals surface area contributed by atoms with Crippen LogP contribution in [0.2, 0.25) is 0 Å². The minimum Gasteiger partial charge on any atom is -0.481 e. The van der Waals surface area contributed by atoms with Crippen LogP contribution in [0.25, 0.3) is 4.48 Å². The molecule has 1 aliphatic rings. The number of hydrogen-bond donors (Lipinski definition) is 1. The summed E-state index contributed by atoms with van der Waals surface area (Å²) in [4.78, 5) is 11.1. The van der Waals surface area contributed by atoms with Gasteiger partial charge in [-0.25, -0.2) is 0 Å². The van der Waals surface area contributed by atoms with E-state index in [2.05, 4.69) is 15.9 Å². The van der Waals surface area contributed by atoms with Gasteiger partial charge in [0.15, 0.2) is 0 Å². The zero-order valence-electron chi connectivity index (χ0n) is 9.85. The second kappa shape index (κ2) is 4.30. The molecule has 1 aromatic rings. The van der Waals surface area contributed by atoms with Crippen molar-refractivity contribution in [3.63, 3.8) is 0 Å². The number of allylic oxidation sites excluding steroid dienone is 1.